The van der Waals surface area contributed by atoms with Crippen LogP contribution in [0.5, 0.6) is 0 Å². The number of benzene rings is 1. The number of piperazine rings is 1. The Bertz CT molecular complexity index is 1160. The molecule has 0 radical (unpaired) electrons. The van der Waals surface area contributed by atoms with Crippen molar-refractivity contribution < 1.29 is 13.2 Å². The monoisotopic (exact) mass is 460 g/mol. The first-order valence-electron chi connectivity index (χ1n) is 9.38. The van der Waals surface area contributed by atoms with Crippen LogP contribution in [0.4, 0.5) is 10.5 Å². The lowest BCUT2D eigenvalue weighted by molar-refractivity contribution is 0.184. The molecular weight excluding hydrogens is 440 g/mol. The number of aromatic nitrogens is 5. The molecule has 1 N–H and O–H groups in total. The maximum Gasteiger partial charge on any atom is 0.321 e. The van der Waals surface area contributed by atoms with E-state index in [1.54, 1.807) is 33.8 Å². The molecule has 11 nitrogen and oxygen atoms in total. The molecule has 1 aliphatic heterocycles. The van der Waals surface area contributed by atoms with Crippen molar-refractivity contribution >= 4 is 33.5 Å². The van der Waals surface area contributed by atoms with Crippen LogP contribution in [-0.2, 0) is 10.0 Å². The number of carbonyl (C=O) groups excluding carboxylic acids is 1. The lowest BCUT2D eigenvalue weighted by Crippen LogP contribution is -2.51. The van der Waals surface area contributed by atoms with Crippen LogP contribution >= 0.6 is 11.8 Å². The molecule has 0 atom stereocenters. The molecule has 1 aliphatic rings. The Labute approximate surface area is 183 Å². The number of carbonyl (C=O) groups is 1. The van der Waals surface area contributed by atoms with E-state index in [1.165, 1.54) is 34.5 Å². The molecule has 3 aromatic rings. The molecule has 1 fully saturated rings. The maximum absolute atomic E-state index is 12.7. The summed E-state index contributed by atoms with van der Waals surface area (Å²) < 4.78 is 28.4. The lowest BCUT2D eigenvalue weighted by Gasteiger charge is -2.33. The molecule has 1 aromatic carbocycles. The van der Waals surface area contributed by atoms with Gasteiger partial charge in [0.2, 0.25) is 15.2 Å². The highest BCUT2D eigenvalue weighted by Crippen LogP contribution is 2.20. The van der Waals surface area contributed by atoms with Crippen molar-refractivity contribution in [2.45, 2.75) is 10.1 Å². The fourth-order valence-corrected chi connectivity index (χ4v) is 4.99. The summed E-state index contributed by atoms with van der Waals surface area (Å²) in [5, 5.41) is 15.1. The van der Waals surface area contributed by atoms with E-state index in [2.05, 4.69) is 25.8 Å². The van der Waals surface area contributed by atoms with Crippen LogP contribution in [0, 0.1) is 0 Å². The molecule has 4 rings (SSSR count). The van der Waals surface area contributed by atoms with E-state index in [4.69, 9.17) is 0 Å². The van der Waals surface area contributed by atoms with Crippen LogP contribution < -0.4 is 5.32 Å². The minimum absolute atomic E-state index is 0.150. The molecule has 31 heavy (non-hydrogen) atoms. The normalized spacial score (nSPS) is 15.1. The van der Waals surface area contributed by atoms with E-state index in [0.717, 1.165) is 5.69 Å². The fraction of sp³-hybridized carbons (Fsp3) is 0.278. The summed E-state index contributed by atoms with van der Waals surface area (Å²) >= 11 is 1.41. The summed E-state index contributed by atoms with van der Waals surface area (Å²) in [4.78, 5) is 18.3. The van der Waals surface area contributed by atoms with Gasteiger partial charge in [-0.1, -0.05) is 17.8 Å². The predicted octanol–water partition coefficient (Wildman–Crippen LogP) is 1.32. The van der Waals surface area contributed by atoms with Gasteiger partial charge in [-0.25, -0.2) is 13.2 Å². The van der Waals surface area contributed by atoms with Gasteiger partial charge in [0.25, 0.3) is 0 Å². The van der Waals surface area contributed by atoms with Crippen LogP contribution in [0.2, 0.25) is 0 Å². The predicted molar refractivity (Wildman–Crippen MR) is 115 cm³/mol. The van der Waals surface area contributed by atoms with Crippen molar-refractivity contribution in [3.8, 4) is 5.69 Å². The highest BCUT2D eigenvalue weighted by Gasteiger charge is 2.30. The highest BCUT2D eigenvalue weighted by atomic mass is 32.2. The van der Waals surface area contributed by atoms with E-state index >= 15 is 0 Å². The number of sulfonamides is 1. The van der Waals surface area contributed by atoms with E-state index in [1.807, 2.05) is 12.3 Å². The Balaban J connectivity index is 1.39. The van der Waals surface area contributed by atoms with E-state index in [9.17, 15) is 13.2 Å². The third-order valence-corrected chi connectivity index (χ3v) is 7.27. The van der Waals surface area contributed by atoms with Crippen LogP contribution in [0.3, 0.4) is 0 Å². The molecule has 0 aliphatic carbocycles. The molecule has 2 amide bonds. The number of tetrazole rings is 1. The Morgan fingerprint density at radius 1 is 1.13 bits per heavy atom. The van der Waals surface area contributed by atoms with Gasteiger partial charge in [0.15, 0.2) is 0 Å². The van der Waals surface area contributed by atoms with Crippen molar-refractivity contribution in [2.24, 2.45) is 0 Å². The third kappa shape index (κ3) is 4.52. The first-order chi connectivity index (χ1) is 15.0. The molecule has 0 unspecified atom stereocenters. The van der Waals surface area contributed by atoms with Gasteiger partial charge in [0.05, 0.1) is 5.69 Å². The van der Waals surface area contributed by atoms with Crippen LogP contribution in [0.1, 0.15) is 0 Å². The number of amides is 2. The van der Waals surface area contributed by atoms with Crippen molar-refractivity contribution in [1.82, 2.24) is 34.4 Å². The molecule has 1 saturated heterocycles. The Morgan fingerprint density at radius 2 is 1.94 bits per heavy atom. The first kappa shape index (κ1) is 21.2. The van der Waals surface area contributed by atoms with E-state index < -0.39 is 10.0 Å². The highest BCUT2D eigenvalue weighted by molar-refractivity contribution is 7.98. The van der Waals surface area contributed by atoms with Crippen molar-refractivity contribution in [3.05, 3.63) is 48.8 Å². The zero-order chi connectivity index (χ0) is 21.8. The summed E-state index contributed by atoms with van der Waals surface area (Å²) in [5.74, 6) is 0. The number of rotatable bonds is 5. The summed E-state index contributed by atoms with van der Waals surface area (Å²) in [6, 6.07) is 10.00. The molecular formula is C18H20N8O3S2. The molecule has 2 aromatic heterocycles. The van der Waals surface area contributed by atoms with Crippen molar-refractivity contribution in [1.29, 1.82) is 0 Å². The number of nitrogens with one attached hydrogen (secondary N) is 1. The largest absolute Gasteiger partial charge is 0.322 e. The topological polar surface area (TPSA) is 126 Å². The first-order valence-corrected chi connectivity index (χ1v) is 12.0. The summed E-state index contributed by atoms with van der Waals surface area (Å²) in [5.41, 5.74) is 1.31. The number of hydrogen-bond donors (Lipinski definition) is 1. The minimum Gasteiger partial charge on any atom is -0.322 e. The van der Waals surface area contributed by atoms with Gasteiger partial charge in [0, 0.05) is 44.3 Å². The van der Waals surface area contributed by atoms with Crippen molar-refractivity contribution in [3.63, 3.8) is 0 Å². The Kier molecular flexibility index (Phi) is 6.15. The summed E-state index contributed by atoms with van der Waals surface area (Å²) in [6.45, 7) is 1.00. The van der Waals surface area contributed by atoms with Gasteiger partial charge in [-0.05, 0) is 47.0 Å². The zero-order valence-electron chi connectivity index (χ0n) is 16.6. The smallest absolute Gasteiger partial charge is 0.321 e. The van der Waals surface area contributed by atoms with E-state index in [0.29, 0.717) is 10.8 Å². The van der Waals surface area contributed by atoms with Crippen LogP contribution in [-0.4, -0.2) is 81.3 Å². The molecule has 3 heterocycles. The molecule has 0 bridgehead atoms. The Morgan fingerprint density at radius 3 is 2.65 bits per heavy atom. The van der Waals surface area contributed by atoms with Crippen LogP contribution in [0.25, 0.3) is 5.69 Å². The van der Waals surface area contributed by atoms with Gasteiger partial charge in [-0.2, -0.15) is 8.99 Å². The maximum atomic E-state index is 12.7. The average Bonchev–Trinajstić information content (AvgIpc) is 3.29. The van der Waals surface area contributed by atoms with Gasteiger partial charge >= 0.3 is 6.03 Å². The van der Waals surface area contributed by atoms with Gasteiger partial charge < -0.3 is 10.2 Å². The van der Waals surface area contributed by atoms with Gasteiger partial charge in [-0.15, -0.1) is 5.10 Å². The summed E-state index contributed by atoms with van der Waals surface area (Å²) in [7, 11) is -3.62. The second kappa shape index (κ2) is 8.99. The Hall–Kier alpha value is -3.03. The minimum atomic E-state index is -3.62. The van der Waals surface area contributed by atoms with E-state index in [-0.39, 0.29) is 37.1 Å². The number of pyridine rings is 1. The van der Waals surface area contributed by atoms with Crippen molar-refractivity contribution in [2.75, 3.05) is 37.8 Å². The number of urea groups is 1. The second-order valence-corrected chi connectivity index (χ2v) is 9.35. The third-order valence-electron chi connectivity index (χ3n) is 4.76. The molecule has 13 heteroatoms. The standard InChI is InChI=1S/C18H20N8O3S2/c1-30-18-21-22-23-26(18)15-5-2-4-14(12-15)20-17(27)24-8-10-25(11-9-24)31(28,29)16-6-3-7-19-13-16/h2-7,12-13H,8-11H2,1H3,(H,20,27). The number of thioether (sulfide) groups is 1. The molecule has 162 valence electrons. The van der Waals surface area contributed by atoms with Gasteiger partial charge in [0.1, 0.15) is 4.90 Å². The molecule has 0 saturated carbocycles. The second-order valence-electron chi connectivity index (χ2n) is 6.64. The number of nitrogens with zero attached hydrogens (tertiary/aromatic N) is 7. The van der Waals surface area contributed by atoms with Crippen LogP contribution in [0.15, 0.2) is 58.8 Å². The number of hydrogen-bond acceptors (Lipinski definition) is 8. The average molecular weight is 461 g/mol. The SMILES string of the molecule is CSc1nnnn1-c1cccc(NC(=O)N2CCN(S(=O)(=O)c3cccnc3)CC2)c1. The zero-order valence-corrected chi connectivity index (χ0v) is 18.3. The lowest BCUT2D eigenvalue weighted by atomic mass is 10.3. The summed E-state index contributed by atoms with van der Waals surface area (Å²) in [6.07, 6.45) is 4.73. The van der Waals surface area contributed by atoms with Gasteiger partial charge in [-0.3, -0.25) is 4.98 Å². The molecule has 0 spiro atoms. The number of anilines is 1. The fourth-order valence-electron chi connectivity index (χ4n) is 3.17. The quantitative estimate of drug-likeness (QED) is 0.565.